The number of benzene rings is 1. The Labute approximate surface area is 107 Å². The van der Waals surface area contributed by atoms with Crippen molar-refractivity contribution in [3.8, 4) is 0 Å². The van der Waals surface area contributed by atoms with E-state index in [2.05, 4.69) is 19.2 Å². The summed E-state index contributed by atoms with van der Waals surface area (Å²) in [5.41, 5.74) is 7.36. The predicted octanol–water partition coefficient (Wildman–Crippen LogP) is 4.42. The highest BCUT2D eigenvalue weighted by Crippen LogP contribution is 2.30. The molecule has 0 atom stereocenters. The molecule has 0 saturated heterocycles. The summed E-state index contributed by atoms with van der Waals surface area (Å²) in [7, 11) is 0. The highest BCUT2D eigenvalue weighted by atomic mass is 35.5. The van der Waals surface area contributed by atoms with Gasteiger partial charge in [0.15, 0.2) is 0 Å². The van der Waals surface area contributed by atoms with Crippen LogP contribution in [0.5, 0.6) is 0 Å². The summed E-state index contributed by atoms with van der Waals surface area (Å²) >= 11 is 11.8. The molecular formula is C12H18Cl2N2. The van der Waals surface area contributed by atoms with Gasteiger partial charge in [-0.05, 0) is 18.1 Å². The number of nitrogens with two attached hydrogens (primary N) is 1. The molecule has 0 aromatic heterocycles. The zero-order valence-electron chi connectivity index (χ0n) is 9.69. The molecule has 4 heteroatoms. The molecule has 0 aliphatic rings. The van der Waals surface area contributed by atoms with Crippen LogP contribution in [-0.2, 0) is 0 Å². The molecular weight excluding hydrogens is 243 g/mol. The van der Waals surface area contributed by atoms with Crippen molar-refractivity contribution in [2.45, 2.75) is 26.7 Å². The highest BCUT2D eigenvalue weighted by molar-refractivity contribution is 6.42. The Bertz CT molecular complexity index is 349. The summed E-state index contributed by atoms with van der Waals surface area (Å²) in [5, 5.41) is 4.34. The summed E-state index contributed by atoms with van der Waals surface area (Å²) in [4.78, 5) is 0. The van der Waals surface area contributed by atoms with Crippen LogP contribution in [0.1, 0.15) is 26.7 Å². The van der Waals surface area contributed by atoms with Gasteiger partial charge in [-0.1, -0.05) is 49.9 Å². The van der Waals surface area contributed by atoms with Crippen molar-refractivity contribution in [2.24, 2.45) is 5.92 Å². The van der Waals surface area contributed by atoms with Crippen LogP contribution in [0, 0.1) is 5.92 Å². The second-order valence-corrected chi connectivity index (χ2v) is 4.73. The van der Waals surface area contributed by atoms with E-state index in [4.69, 9.17) is 28.9 Å². The second-order valence-electron chi connectivity index (χ2n) is 3.92. The SMILES string of the molecule is CCC(CC)CNc1cc(Cl)c(Cl)cc1N. The van der Waals surface area contributed by atoms with Crippen LogP contribution < -0.4 is 11.1 Å². The molecule has 0 radical (unpaired) electrons. The normalized spacial score (nSPS) is 10.8. The molecule has 0 aliphatic carbocycles. The van der Waals surface area contributed by atoms with Gasteiger partial charge in [-0.3, -0.25) is 0 Å². The fourth-order valence-electron chi connectivity index (χ4n) is 1.55. The molecule has 1 aromatic carbocycles. The van der Waals surface area contributed by atoms with E-state index in [-0.39, 0.29) is 0 Å². The van der Waals surface area contributed by atoms with Crippen LogP contribution >= 0.6 is 23.2 Å². The smallest absolute Gasteiger partial charge is 0.0614 e. The number of rotatable bonds is 5. The van der Waals surface area contributed by atoms with E-state index >= 15 is 0 Å². The van der Waals surface area contributed by atoms with Gasteiger partial charge in [-0.15, -0.1) is 0 Å². The standard InChI is InChI=1S/C12H18Cl2N2/c1-3-8(4-2)7-16-12-6-10(14)9(13)5-11(12)15/h5-6,8,16H,3-4,7,15H2,1-2H3. The summed E-state index contributed by atoms with van der Waals surface area (Å²) in [6.45, 7) is 5.29. The maximum atomic E-state index is 5.94. The number of halogens is 2. The molecule has 1 aromatic rings. The van der Waals surface area contributed by atoms with Crippen LogP contribution in [0.2, 0.25) is 10.0 Å². The molecule has 0 unspecified atom stereocenters. The minimum atomic E-state index is 0.493. The van der Waals surface area contributed by atoms with Crippen molar-refractivity contribution >= 4 is 34.6 Å². The molecule has 0 fully saturated rings. The largest absolute Gasteiger partial charge is 0.397 e. The fourth-order valence-corrected chi connectivity index (χ4v) is 1.88. The van der Waals surface area contributed by atoms with Crippen LogP contribution in [0.25, 0.3) is 0 Å². The highest BCUT2D eigenvalue weighted by Gasteiger charge is 2.07. The van der Waals surface area contributed by atoms with Crippen LogP contribution in [0.4, 0.5) is 11.4 Å². The number of anilines is 2. The van der Waals surface area contributed by atoms with E-state index in [1.807, 2.05) is 0 Å². The Kier molecular flexibility index (Phi) is 5.23. The van der Waals surface area contributed by atoms with Gasteiger partial charge in [0.25, 0.3) is 0 Å². The lowest BCUT2D eigenvalue weighted by molar-refractivity contribution is 0.519. The van der Waals surface area contributed by atoms with Crippen LogP contribution in [0.3, 0.4) is 0 Å². The first kappa shape index (κ1) is 13.5. The molecule has 0 heterocycles. The fraction of sp³-hybridized carbons (Fsp3) is 0.500. The Balaban J connectivity index is 2.70. The molecule has 0 saturated carbocycles. The number of hydrogen-bond acceptors (Lipinski definition) is 2. The number of nitrogen functional groups attached to an aromatic ring is 1. The molecule has 0 spiro atoms. The third-order valence-corrected chi connectivity index (χ3v) is 3.55. The van der Waals surface area contributed by atoms with Crippen molar-refractivity contribution in [3.05, 3.63) is 22.2 Å². The third kappa shape index (κ3) is 3.46. The zero-order chi connectivity index (χ0) is 12.1. The second kappa shape index (κ2) is 6.21. The topological polar surface area (TPSA) is 38.0 Å². The predicted molar refractivity (Wildman–Crippen MR) is 73.4 cm³/mol. The van der Waals surface area contributed by atoms with E-state index in [0.29, 0.717) is 21.7 Å². The molecule has 16 heavy (non-hydrogen) atoms. The summed E-state index contributed by atoms with van der Waals surface area (Å²) in [6.07, 6.45) is 2.31. The van der Waals surface area contributed by atoms with Crippen LogP contribution in [-0.4, -0.2) is 6.54 Å². The molecule has 2 nitrogen and oxygen atoms in total. The Morgan fingerprint density at radius 2 is 1.75 bits per heavy atom. The zero-order valence-corrected chi connectivity index (χ0v) is 11.2. The number of nitrogens with one attached hydrogen (secondary N) is 1. The van der Waals surface area contributed by atoms with Crippen molar-refractivity contribution in [2.75, 3.05) is 17.6 Å². The van der Waals surface area contributed by atoms with Crippen molar-refractivity contribution in [1.29, 1.82) is 0 Å². The van der Waals surface area contributed by atoms with Crippen molar-refractivity contribution in [1.82, 2.24) is 0 Å². The van der Waals surface area contributed by atoms with Crippen molar-refractivity contribution in [3.63, 3.8) is 0 Å². The van der Waals surface area contributed by atoms with E-state index < -0.39 is 0 Å². The Morgan fingerprint density at radius 1 is 1.19 bits per heavy atom. The van der Waals surface area contributed by atoms with Gasteiger partial charge < -0.3 is 11.1 Å². The van der Waals surface area contributed by atoms with E-state index in [1.165, 1.54) is 0 Å². The lowest BCUT2D eigenvalue weighted by atomic mass is 10.0. The van der Waals surface area contributed by atoms with Gasteiger partial charge in [-0.2, -0.15) is 0 Å². The summed E-state index contributed by atoms with van der Waals surface area (Å²) < 4.78 is 0. The van der Waals surface area contributed by atoms with Gasteiger partial charge >= 0.3 is 0 Å². The van der Waals surface area contributed by atoms with Crippen LogP contribution in [0.15, 0.2) is 12.1 Å². The molecule has 0 amide bonds. The minimum Gasteiger partial charge on any atom is -0.397 e. The first-order chi connectivity index (χ1) is 7.58. The maximum Gasteiger partial charge on any atom is 0.0614 e. The Morgan fingerprint density at radius 3 is 2.31 bits per heavy atom. The molecule has 90 valence electrons. The quantitative estimate of drug-likeness (QED) is 0.770. The van der Waals surface area contributed by atoms with Gasteiger partial charge in [0.2, 0.25) is 0 Å². The molecule has 3 N–H and O–H groups in total. The Hall–Kier alpha value is -0.600. The van der Waals surface area contributed by atoms with Gasteiger partial charge in [0.05, 0.1) is 21.4 Å². The molecule has 1 rings (SSSR count). The molecule has 0 aliphatic heterocycles. The average molecular weight is 261 g/mol. The first-order valence-electron chi connectivity index (χ1n) is 5.56. The summed E-state index contributed by atoms with van der Waals surface area (Å²) in [6, 6.07) is 3.46. The lowest BCUT2D eigenvalue weighted by Crippen LogP contribution is -2.13. The van der Waals surface area contributed by atoms with Crippen molar-refractivity contribution < 1.29 is 0 Å². The third-order valence-electron chi connectivity index (χ3n) is 2.83. The van der Waals surface area contributed by atoms with E-state index in [0.717, 1.165) is 25.1 Å². The minimum absolute atomic E-state index is 0.493. The number of hydrogen-bond donors (Lipinski definition) is 2. The van der Waals surface area contributed by atoms with Gasteiger partial charge in [0.1, 0.15) is 0 Å². The average Bonchev–Trinajstić information content (AvgIpc) is 2.26. The van der Waals surface area contributed by atoms with E-state index in [9.17, 15) is 0 Å². The maximum absolute atomic E-state index is 5.94. The molecule has 0 bridgehead atoms. The first-order valence-corrected chi connectivity index (χ1v) is 6.32. The lowest BCUT2D eigenvalue weighted by Gasteiger charge is -2.16. The van der Waals surface area contributed by atoms with Gasteiger partial charge in [-0.25, -0.2) is 0 Å². The monoisotopic (exact) mass is 260 g/mol. The summed E-state index contributed by atoms with van der Waals surface area (Å²) in [5.74, 6) is 0.661. The van der Waals surface area contributed by atoms with Gasteiger partial charge in [0, 0.05) is 6.54 Å². The van der Waals surface area contributed by atoms with E-state index in [1.54, 1.807) is 12.1 Å².